The molecule has 4 rings (SSSR count). The third kappa shape index (κ3) is 8.55. The third-order valence-corrected chi connectivity index (χ3v) is 9.07. The zero-order chi connectivity index (χ0) is 30.7. The van der Waals surface area contributed by atoms with Gasteiger partial charge < -0.3 is 9.80 Å². The molecule has 2 aromatic rings. The van der Waals surface area contributed by atoms with Gasteiger partial charge in [-0.25, -0.2) is 0 Å². The highest BCUT2D eigenvalue weighted by Crippen LogP contribution is 2.37. The maximum absolute atomic E-state index is 13.4. The van der Waals surface area contributed by atoms with E-state index in [0.29, 0.717) is 16.1 Å². The summed E-state index contributed by atoms with van der Waals surface area (Å²) >= 11 is 12.5. The van der Waals surface area contributed by atoms with Crippen molar-refractivity contribution in [3.8, 4) is 0 Å². The predicted octanol–water partition coefficient (Wildman–Crippen LogP) is 8.11. The Morgan fingerprint density at radius 2 is 1.48 bits per heavy atom. The number of piperidine rings is 2. The number of likely N-dealkylation sites (tertiary alicyclic amines) is 2. The molecule has 232 valence electrons. The SMILES string of the molecule is CC(=O)N(CCc1cc(C(F)(F)F)cc(C(F)(F)F)c1)CC(c1ccc(Cl)c(Cl)c1)N1CCC(N2CCCCC2)CC1. The van der Waals surface area contributed by atoms with Gasteiger partial charge in [0.2, 0.25) is 5.91 Å². The lowest BCUT2D eigenvalue weighted by molar-refractivity contribution is -0.143. The molecule has 0 aliphatic carbocycles. The fraction of sp³-hybridized carbons (Fsp3) is 0.567. The summed E-state index contributed by atoms with van der Waals surface area (Å²) in [6, 6.07) is 7.04. The van der Waals surface area contributed by atoms with Crippen LogP contribution in [0.5, 0.6) is 0 Å². The Morgan fingerprint density at radius 1 is 0.881 bits per heavy atom. The fourth-order valence-corrected chi connectivity index (χ4v) is 6.32. The molecule has 0 bridgehead atoms. The summed E-state index contributed by atoms with van der Waals surface area (Å²) in [6.45, 7) is 5.26. The van der Waals surface area contributed by atoms with E-state index in [1.807, 2.05) is 6.07 Å². The normalized spacial score (nSPS) is 18.7. The van der Waals surface area contributed by atoms with E-state index in [0.717, 1.165) is 56.7 Å². The topological polar surface area (TPSA) is 26.8 Å². The number of rotatable bonds is 8. The molecule has 0 N–H and O–H groups in total. The van der Waals surface area contributed by atoms with Crippen molar-refractivity contribution in [3.05, 3.63) is 68.7 Å². The van der Waals surface area contributed by atoms with Crippen LogP contribution in [-0.4, -0.2) is 65.9 Å². The van der Waals surface area contributed by atoms with Crippen molar-refractivity contribution in [3.63, 3.8) is 0 Å². The molecule has 4 nitrogen and oxygen atoms in total. The first-order chi connectivity index (χ1) is 19.7. The molecule has 0 radical (unpaired) electrons. The average Bonchev–Trinajstić information content (AvgIpc) is 2.94. The summed E-state index contributed by atoms with van der Waals surface area (Å²) in [5, 5.41) is 0.747. The quantitative estimate of drug-likeness (QED) is 0.274. The van der Waals surface area contributed by atoms with Gasteiger partial charge in [0.25, 0.3) is 0 Å². The smallest absolute Gasteiger partial charge is 0.341 e. The van der Waals surface area contributed by atoms with E-state index in [2.05, 4.69) is 9.80 Å². The highest BCUT2D eigenvalue weighted by molar-refractivity contribution is 6.42. The Hall–Kier alpha value is -2.01. The van der Waals surface area contributed by atoms with Crippen LogP contribution in [0, 0.1) is 0 Å². The Balaban J connectivity index is 1.54. The van der Waals surface area contributed by atoms with Crippen LogP contribution in [0.1, 0.15) is 67.3 Å². The fourth-order valence-electron chi connectivity index (χ4n) is 6.01. The van der Waals surface area contributed by atoms with Crippen molar-refractivity contribution in [2.75, 3.05) is 39.3 Å². The van der Waals surface area contributed by atoms with Gasteiger partial charge in [-0.15, -0.1) is 0 Å². The third-order valence-electron chi connectivity index (χ3n) is 8.33. The maximum atomic E-state index is 13.4. The van der Waals surface area contributed by atoms with Crippen molar-refractivity contribution >= 4 is 29.1 Å². The second kappa shape index (κ2) is 13.7. The number of nitrogens with zero attached hydrogens (tertiary/aromatic N) is 3. The number of hydrogen-bond acceptors (Lipinski definition) is 3. The van der Waals surface area contributed by atoms with Crippen LogP contribution < -0.4 is 0 Å². The van der Waals surface area contributed by atoms with Gasteiger partial charge in [-0.2, -0.15) is 26.3 Å². The lowest BCUT2D eigenvalue weighted by Crippen LogP contribution is -2.49. The largest absolute Gasteiger partial charge is 0.416 e. The van der Waals surface area contributed by atoms with E-state index in [4.69, 9.17) is 23.2 Å². The van der Waals surface area contributed by atoms with E-state index in [1.165, 1.54) is 31.1 Å². The van der Waals surface area contributed by atoms with Gasteiger partial charge in [0.1, 0.15) is 0 Å². The van der Waals surface area contributed by atoms with Crippen LogP contribution in [0.4, 0.5) is 26.3 Å². The lowest BCUT2D eigenvalue weighted by Gasteiger charge is -2.43. The number of carbonyl (C=O) groups is 1. The van der Waals surface area contributed by atoms with Gasteiger partial charge in [-0.05, 0) is 86.7 Å². The molecule has 0 saturated carbocycles. The zero-order valence-electron chi connectivity index (χ0n) is 23.4. The molecular formula is C30H35Cl2F6N3O. The number of hydrogen-bond donors (Lipinski definition) is 0. The summed E-state index contributed by atoms with van der Waals surface area (Å²) in [6.07, 6.45) is -4.45. The van der Waals surface area contributed by atoms with Crippen LogP contribution in [0.2, 0.25) is 10.0 Å². The van der Waals surface area contributed by atoms with E-state index in [1.54, 1.807) is 12.1 Å². The first-order valence-electron chi connectivity index (χ1n) is 14.2. The number of amides is 1. The van der Waals surface area contributed by atoms with Crippen LogP contribution in [0.25, 0.3) is 0 Å². The summed E-state index contributed by atoms with van der Waals surface area (Å²) in [5.74, 6) is -0.328. The van der Waals surface area contributed by atoms with Crippen LogP contribution in [0.15, 0.2) is 36.4 Å². The van der Waals surface area contributed by atoms with Crippen molar-refractivity contribution in [1.29, 1.82) is 0 Å². The minimum atomic E-state index is -4.93. The number of alkyl halides is 6. The van der Waals surface area contributed by atoms with Gasteiger partial charge in [0, 0.05) is 39.1 Å². The van der Waals surface area contributed by atoms with Gasteiger partial charge in [-0.1, -0.05) is 35.7 Å². The van der Waals surface area contributed by atoms with Crippen molar-refractivity contribution in [2.24, 2.45) is 0 Å². The maximum Gasteiger partial charge on any atom is 0.416 e. The van der Waals surface area contributed by atoms with E-state index in [9.17, 15) is 31.1 Å². The van der Waals surface area contributed by atoms with Gasteiger partial charge in [-0.3, -0.25) is 9.69 Å². The second-order valence-electron chi connectivity index (χ2n) is 11.2. The van der Waals surface area contributed by atoms with Crippen molar-refractivity contribution in [1.82, 2.24) is 14.7 Å². The average molecular weight is 639 g/mol. The minimum absolute atomic E-state index is 0.0456. The monoisotopic (exact) mass is 637 g/mol. The van der Waals surface area contributed by atoms with Gasteiger partial charge >= 0.3 is 12.4 Å². The molecule has 2 heterocycles. The molecule has 0 spiro atoms. The summed E-state index contributed by atoms with van der Waals surface area (Å²) < 4.78 is 80.3. The van der Waals surface area contributed by atoms with Crippen LogP contribution in [-0.2, 0) is 23.6 Å². The van der Waals surface area contributed by atoms with Crippen LogP contribution >= 0.6 is 23.2 Å². The number of halogens is 8. The van der Waals surface area contributed by atoms with E-state index in [-0.39, 0.29) is 43.1 Å². The predicted molar refractivity (Wildman–Crippen MR) is 152 cm³/mol. The Bertz CT molecular complexity index is 1190. The molecule has 2 aromatic carbocycles. The standard InChI is InChI=1S/C30H35Cl2F6N3O/c1-20(42)41(12-7-21-15-23(29(33,34)35)18-24(16-21)30(36,37)38)19-28(22-5-6-26(31)27(32)17-22)40-13-8-25(9-14-40)39-10-3-2-4-11-39/h5-6,15-18,25,28H,2-4,7-14,19H2,1H3. The van der Waals surface area contributed by atoms with E-state index >= 15 is 0 Å². The van der Waals surface area contributed by atoms with Crippen molar-refractivity contribution < 1.29 is 31.1 Å². The Morgan fingerprint density at radius 3 is 2.00 bits per heavy atom. The number of carbonyl (C=O) groups excluding carboxylic acids is 1. The molecule has 2 aliphatic heterocycles. The summed E-state index contributed by atoms with van der Waals surface area (Å²) in [7, 11) is 0. The molecule has 2 aliphatic rings. The molecule has 42 heavy (non-hydrogen) atoms. The number of benzene rings is 2. The molecule has 0 aromatic heterocycles. The highest BCUT2D eigenvalue weighted by atomic mass is 35.5. The second-order valence-corrected chi connectivity index (χ2v) is 12.0. The van der Waals surface area contributed by atoms with Gasteiger partial charge in [0.05, 0.1) is 27.2 Å². The molecule has 1 amide bonds. The molecule has 2 saturated heterocycles. The minimum Gasteiger partial charge on any atom is -0.341 e. The van der Waals surface area contributed by atoms with E-state index < -0.39 is 23.5 Å². The van der Waals surface area contributed by atoms with Gasteiger partial charge in [0.15, 0.2) is 0 Å². The zero-order valence-corrected chi connectivity index (χ0v) is 24.9. The molecule has 12 heteroatoms. The lowest BCUT2D eigenvalue weighted by atomic mass is 9.96. The Kier molecular flexibility index (Phi) is 10.8. The molecule has 1 atom stereocenters. The Labute approximate surface area is 252 Å². The first-order valence-corrected chi connectivity index (χ1v) is 14.9. The summed E-state index contributed by atoms with van der Waals surface area (Å²) in [5.41, 5.74) is -2.04. The summed E-state index contributed by atoms with van der Waals surface area (Å²) in [4.78, 5) is 19.1. The first kappa shape index (κ1) is 32.9. The molecular weight excluding hydrogens is 603 g/mol. The molecule has 1 unspecified atom stereocenters. The highest BCUT2D eigenvalue weighted by Gasteiger charge is 2.37. The van der Waals surface area contributed by atoms with Crippen molar-refractivity contribution in [2.45, 2.75) is 69.9 Å². The van der Waals surface area contributed by atoms with Crippen LogP contribution in [0.3, 0.4) is 0 Å². The molecule has 2 fully saturated rings.